The zero-order chi connectivity index (χ0) is 21.5. The molecule has 0 aliphatic heterocycles. The summed E-state index contributed by atoms with van der Waals surface area (Å²) in [5.74, 6) is 1.28. The summed E-state index contributed by atoms with van der Waals surface area (Å²) >= 11 is 2.17. The van der Waals surface area contributed by atoms with Gasteiger partial charge in [0.25, 0.3) is 0 Å². The van der Waals surface area contributed by atoms with Crippen molar-refractivity contribution in [3.8, 4) is 11.5 Å². The molecule has 0 saturated carbocycles. The molecule has 1 N–H and O–H groups in total. The summed E-state index contributed by atoms with van der Waals surface area (Å²) in [5.41, 5.74) is 5.44. The van der Waals surface area contributed by atoms with E-state index in [4.69, 9.17) is 9.47 Å². The first-order valence-corrected chi connectivity index (χ1v) is 10.00. The Labute approximate surface area is 187 Å². The number of hydrogen-bond donors (Lipinski definition) is 1. The van der Waals surface area contributed by atoms with Crippen molar-refractivity contribution in [3.63, 3.8) is 0 Å². The van der Waals surface area contributed by atoms with Crippen LogP contribution in [0.4, 0.5) is 11.5 Å². The molecule has 0 bridgehead atoms. The van der Waals surface area contributed by atoms with E-state index in [1.807, 2.05) is 31.2 Å². The molecule has 0 fully saturated rings. The maximum Gasteiger partial charge on any atom is 0.313 e. The van der Waals surface area contributed by atoms with Gasteiger partial charge in [-0.05, 0) is 58.8 Å². The van der Waals surface area contributed by atoms with Gasteiger partial charge in [0.1, 0.15) is 6.61 Å². The first kappa shape index (κ1) is 21.5. The molecule has 2 aromatic carbocycles. The molecule has 8 nitrogen and oxygen atoms in total. The summed E-state index contributed by atoms with van der Waals surface area (Å²) in [4.78, 5) is 14.5. The Bertz CT molecular complexity index is 1090. The van der Waals surface area contributed by atoms with Crippen molar-refractivity contribution in [3.05, 3.63) is 85.1 Å². The van der Waals surface area contributed by atoms with Crippen LogP contribution in [0.3, 0.4) is 0 Å². The second kappa shape index (κ2) is 10.0. The third-order valence-corrected chi connectivity index (χ3v) is 4.89. The van der Waals surface area contributed by atoms with Gasteiger partial charge < -0.3 is 9.47 Å². The monoisotopic (exact) mass is 518 g/mol. The van der Waals surface area contributed by atoms with E-state index in [2.05, 4.69) is 44.2 Å². The van der Waals surface area contributed by atoms with E-state index in [9.17, 15) is 10.1 Å². The number of methoxy groups -OCH3 is 1. The van der Waals surface area contributed by atoms with Gasteiger partial charge in [0.05, 0.1) is 21.8 Å². The van der Waals surface area contributed by atoms with E-state index in [1.54, 1.807) is 13.2 Å². The summed E-state index contributed by atoms with van der Waals surface area (Å²) in [7, 11) is 1.57. The Balaban J connectivity index is 1.75. The van der Waals surface area contributed by atoms with Gasteiger partial charge in [0, 0.05) is 12.3 Å². The summed E-state index contributed by atoms with van der Waals surface area (Å²) in [6.07, 6.45) is 2.99. The minimum Gasteiger partial charge on any atom is -0.493 e. The molecule has 1 aromatic heterocycles. The van der Waals surface area contributed by atoms with E-state index in [-0.39, 0.29) is 11.5 Å². The van der Waals surface area contributed by atoms with E-state index in [0.29, 0.717) is 18.1 Å². The molecule has 0 saturated heterocycles. The number of nitro groups is 1. The number of hydrogen-bond acceptors (Lipinski definition) is 7. The second-order valence-corrected chi connectivity index (χ2v) is 7.47. The van der Waals surface area contributed by atoms with Crippen molar-refractivity contribution < 1.29 is 14.4 Å². The lowest BCUT2D eigenvalue weighted by atomic mass is 10.1. The number of rotatable bonds is 8. The van der Waals surface area contributed by atoms with Gasteiger partial charge in [0.15, 0.2) is 11.5 Å². The van der Waals surface area contributed by atoms with Crippen LogP contribution in [0.5, 0.6) is 11.5 Å². The molecule has 0 unspecified atom stereocenters. The third kappa shape index (κ3) is 5.44. The Morgan fingerprint density at radius 1 is 1.27 bits per heavy atom. The summed E-state index contributed by atoms with van der Waals surface area (Å²) in [6.45, 7) is 2.46. The molecule has 3 aromatic rings. The van der Waals surface area contributed by atoms with Crippen LogP contribution in [-0.2, 0) is 6.61 Å². The van der Waals surface area contributed by atoms with Crippen molar-refractivity contribution in [2.45, 2.75) is 13.5 Å². The number of ether oxygens (including phenoxy) is 2. The number of anilines is 1. The highest BCUT2D eigenvalue weighted by Crippen LogP contribution is 2.34. The maximum absolute atomic E-state index is 11.0. The van der Waals surface area contributed by atoms with E-state index in [0.717, 1.165) is 14.7 Å². The molecule has 0 amide bonds. The van der Waals surface area contributed by atoms with Crippen LogP contribution in [0.2, 0.25) is 0 Å². The number of pyridine rings is 1. The number of halogens is 1. The molecule has 9 heteroatoms. The quantitative estimate of drug-likeness (QED) is 0.197. The molecular weight excluding hydrogens is 499 g/mol. The fourth-order valence-electron chi connectivity index (χ4n) is 2.71. The Kier molecular flexibility index (Phi) is 7.17. The van der Waals surface area contributed by atoms with Crippen LogP contribution in [0.15, 0.2) is 59.8 Å². The summed E-state index contributed by atoms with van der Waals surface area (Å²) in [5, 5.41) is 15.1. The number of nitrogens with zero attached hydrogens (tertiary/aromatic N) is 3. The normalized spacial score (nSPS) is 10.8. The molecule has 0 spiro atoms. The van der Waals surface area contributed by atoms with Crippen molar-refractivity contribution in [2.75, 3.05) is 12.5 Å². The summed E-state index contributed by atoms with van der Waals surface area (Å²) in [6, 6.07) is 14.6. The van der Waals surface area contributed by atoms with Gasteiger partial charge in [-0.1, -0.05) is 29.8 Å². The van der Waals surface area contributed by atoms with Gasteiger partial charge in [0.2, 0.25) is 5.82 Å². The minimum absolute atomic E-state index is 0.0681. The highest BCUT2D eigenvalue weighted by Gasteiger charge is 2.14. The molecule has 3 rings (SSSR count). The smallest absolute Gasteiger partial charge is 0.313 e. The topological polar surface area (TPSA) is 98.9 Å². The van der Waals surface area contributed by atoms with Crippen molar-refractivity contribution in [2.24, 2.45) is 5.10 Å². The SMILES string of the molecule is COc1cc(/C=N\Nc2ncccc2[N+](=O)[O-])cc(I)c1OCc1cccc(C)c1. The average molecular weight is 518 g/mol. The molecule has 0 atom stereocenters. The van der Waals surface area contributed by atoms with Crippen LogP contribution >= 0.6 is 22.6 Å². The zero-order valence-electron chi connectivity index (χ0n) is 16.3. The zero-order valence-corrected chi connectivity index (χ0v) is 18.5. The van der Waals surface area contributed by atoms with Crippen LogP contribution in [0, 0.1) is 20.6 Å². The lowest BCUT2D eigenvalue weighted by Crippen LogP contribution is -2.02. The molecule has 0 radical (unpaired) electrons. The Morgan fingerprint density at radius 2 is 2.10 bits per heavy atom. The van der Waals surface area contributed by atoms with Crippen molar-refractivity contribution >= 4 is 40.3 Å². The molecule has 0 aliphatic rings. The highest BCUT2D eigenvalue weighted by atomic mass is 127. The first-order valence-electron chi connectivity index (χ1n) is 8.92. The molecule has 1 heterocycles. The van der Waals surface area contributed by atoms with Crippen LogP contribution in [0.25, 0.3) is 0 Å². The lowest BCUT2D eigenvalue weighted by molar-refractivity contribution is -0.384. The van der Waals surface area contributed by atoms with E-state index >= 15 is 0 Å². The molecule has 154 valence electrons. The Hall–Kier alpha value is -3.21. The van der Waals surface area contributed by atoms with Gasteiger partial charge in [-0.3, -0.25) is 15.5 Å². The van der Waals surface area contributed by atoms with Crippen LogP contribution in [-0.4, -0.2) is 23.2 Å². The second-order valence-electron chi connectivity index (χ2n) is 6.31. The van der Waals surface area contributed by atoms with Gasteiger partial charge >= 0.3 is 5.69 Å². The molecular formula is C21H19IN4O4. The third-order valence-electron chi connectivity index (χ3n) is 4.08. The van der Waals surface area contributed by atoms with Crippen LogP contribution in [0.1, 0.15) is 16.7 Å². The van der Waals surface area contributed by atoms with Gasteiger partial charge in [-0.25, -0.2) is 4.98 Å². The van der Waals surface area contributed by atoms with E-state index < -0.39 is 4.92 Å². The number of hydrazone groups is 1. The van der Waals surface area contributed by atoms with Crippen molar-refractivity contribution in [1.82, 2.24) is 4.98 Å². The predicted molar refractivity (Wildman–Crippen MR) is 123 cm³/mol. The minimum atomic E-state index is -0.517. The first-order chi connectivity index (χ1) is 14.5. The number of nitrogens with one attached hydrogen (secondary N) is 1. The number of aryl methyl sites for hydroxylation is 1. The highest BCUT2D eigenvalue weighted by molar-refractivity contribution is 14.1. The maximum atomic E-state index is 11.0. The molecule has 0 aliphatic carbocycles. The predicted octanol–water partition coefficient (Wildman–Crippen LogP) is 4.94. The van der Waals surface area contributed by atoms with Crippen molar-refractivity contribution in [1.29, 1.82) is 0 Å². The number of benzene rings is 2. The fraction of sp³-hybridized carbons (Fsp3) is 0.143. The average Bonchev–Trinajstić information content (AvgIpc) is 2.73. The van der Waals surface area contributed by atoms with Crippen LogP contribution < -0.4 is 14.9 Å². The largest absolute Gasteiger partial charge is 0.493 e. The summed E-state index contributed by atoms with van der Waals surface area (Å²) < 4.78 is 12.3. The standard InChI is InChI=1S/C21H19IN4O4/c1-14-5-3-6-15(9-14)13-30-20-17(22)10-16(11-19(20)29-2)12-24-25-21-18(26(27)28)7-4-8-23-21/h3-12H,13H2,1-2H3,(H,23,25)/b24-12-. The lowest BCUT2D eigenvalue weighted by Gasteiger charge is -2.14. The van der Waals surface area contributed by atoms with Gasteiger partial charge in [-0.2, -0.15) is 5.10 Å². The van der Waals surface area contributed by atoms with E-state index in [1.165, 1.54) is 30.1 Å². The fourth-order valence-corrected chi connectivity index (χ4v) is 3.49. The Morgan fingerprint density at radius 3 is 2.83 bits per heavy atom. The molecule has 30 heavy (non-hydrogen) atoms. The van der Waals surface area contributed by atoms with Gasteiger partial charge in [-0.15, -0.1) is 0 Å². The number of aromatic nitrogens is 1.